The van der Waals surface area contributed by atoms with Gasteiger partial charge in [0.05, 0.1) is 6.26 Å². The van der Waals surface area contributed by atoms with Crippen LogP contribution in [-0.2, 0) is 6.42 Å². The van der Waals surface area contributed by atoms with Crippen molar-refractivity contribution in [1.29, 1.82) is 0 Å². The minimum absolute atomic E-state index is 0.0765. The second-order valence-electron chi connectivity index (χ2n) is 4.09. The maximum Gasteiger partial charge on any atom is 0.268 e. The summed E-state index contributed by atoms with van der Waals surface area (Å²) in [5, 5.41) is 2.79. The molecule has 2 N–H and O–H groups in total. The molecule has 0 aliphatic carbocycles. The fourth-order valence-corrected chi connectivity index (χ4v) is 1.66. The van der Waals surface area contributed by atoms with Crippen molar-refractivity contribution in [1.82, 2.24) is 10.3 Å². The minimum atomic E-state index is -0.299. The number of H-pyrrole nitrogens is 1. The van der Waals surface area contributed by atoms with E-state index in [-0.39, 0.29) is 23.2 Å². The van der Waals surface area contributed by atoms with E-state index in [9.17, 15) is 9.59 Å². The van der Waals surface area contributed by atoms with E-state index in [4.69, 9.17) is 4.42 Å². The molecule has 0 saturated heterocycles. The minimum Gasteiger partial charge on any atom is -0.469 e. The SMILES string of the molecule is CC(Cc1ccco1)NC(=O)c1cccc(=O)[nH]1. The molecule has 1 amide bonds. The summed E-state index contributed by atoms with van der Waals surface area (Å²) in [5.74, 6) is 0.510. The Morgan fingerprint density at radius 2 is 2.22 bits per heavy atom. The molecule has 1 atom stereocenters. The summed E-state index contributed by atoms with van der Waals surface area (Å²) >= 11 is 0. The molecule has 0 bridgehead atoms. The molecule has 18 heavy (non-hydrogen) atoms. The van der Waals surface area contributed by atoms with Crippen molar-refractivity contribution in [2.45, 2.75) is 19.4 Å². The highest BCUT2D eigenvalue weighted by molar-refractivity contribution is 5.92. The number of carbonyl (C=O) groups excluding carboxylic acids is 1. The molecule has 5 nitrogen and oxygen atoms in total. The zero-order valence-electron chi connectivity index (χ0n) is 9.97. The van der Waals surface area contributed by atoms with Crippen LogP contribution in [0.2, 0.25) is 0 Å². The molecule has 0 aliphatic rings. The predicted octanol–water partition coefficient (Wildman–Crippen LogP) is 1.33. The molecule has 0 radical (unpaired) electrons. The zero-order chi connectivity index (χ0) is 13.0. The van der Waals surface area contributed by atoms with Crippen molar-refractivity contribution in [3.05, 3.63) is 58.4 Å². The fourth-order valence-electron chi connectivity index (χ4n) is 1.66. The van der Waals surface area contributed by atoms with Gasteiger partial charge in [0.25, 0.3) is 5.91 Å². The van der Waals surface area contributed by atoms with Crippen LogP contribution in [0, 0.1) is 0 Å². The van der Waals surface area contributed by atoms with Gasteiger partial charge in [-0.3, -0.25) is 9.59 Å². The van der Waals surface area contributed by atoms with Gasteiger partial charge in [-0.15, -0.1) is 0 Å². The monoisotopic (exact) mass is 246 g/mol. The quantitative estimate of drug-likeness (QED) is 0.854. The highest BCUT2D eigenvalue weighted by Gasteiger charge is 2.11. The summed E-state index contributed by atoms with van der Waals surface area (Å²) in [6, 6.07) is 8.06. The molecule has 2 aromatic heterocycles. The number of hydrogen-bond acceptors (Lipinski definition) is 3. The van der Waals surface area contributed by atoms with Gasteiger partial charge in [0.15, 0.2) is 0 Å². The largest absolute Gasteiger partial charge is 0.469 e. The highest BCUT2D eigenvalue weighted by Crippen LogP contribution is 2.04. The Bertz CT molecular complexity index is 572. The molecule has 0 aliphatic heterocycles. The fraction of sp³-hybridized carbons (Fsp3) is 0.231. The Hall–Kier alpha value is -2.30. The number of carbonyl (C=O) groups is 1. The summed E-state index contributed by atoms with van der Waals surface area (Å²) in [7, 11) is 0. The van der Waals surface area contributed by atoms with E-state index in [2.05, 4.69) is 10.3 Å². The summed E-state index contributed by atoms with van der Waals surface area (Å²) in [4.78, 5) is 25.4. The van der Waals surface area contributed by atoms with Crippen molar-refractivity contribution in [3.8, 4) is 0 Å². The molecular weight excluding hydrogens is 232 g/mol. The van der Waals surface area contributed by atoms with E-state index in [0.29, 0.717) is 6.42 Å². The predicted molar refractivity (Wildman–Crippen MR) is 66.4 cm³/mol. The number of pyridine rings is 1. The molecule has 5 heteroatoms. The average molecular weight is 246 g/mol. The van der Waals surface area contributed by atoms with Crippen LogP contribution in [0.3, 0.4) is 0 Å². The first kappa shape index (κ1) is 12.2. The van der Waals surface area contributed by atoms with Crippen LogP contribution in [0.15, 0.2) is 45.8 Å². The topological polar surface area (TPSA) is 75.1 Å². The molecular formula is C13H14N2O3. The molecule has 1 unspecified atom stereocenters. The summed E-state index contributed by atoms with van der Waals surface area (Å²) < 4.78 is 5.20. The molecule has 2 heterocycles. The van der Waals surface area contributed by atoms with Gasteiger partial charge in [0.1, 0.15) is 11.5 Å². The number of amides is 1. The molecule has 94 valence electrons. The lowest BCUT2D eigenvalue weighted by Gasteiger charge is -2.12. The van der Waals surface area contributed by atoms with Gasteiger partial charge in [0.2, 0.25) is 5.56 Å². The van der Waals surface area contributed by atoms with Gasteiger partial charge >= 0.3 is 0 Å². The summed E-state index contributed by atoms with van der Waals surface area (Å²) in [5.41, 5.74) is -0.0323. The lowest BCUT2D eigenvalue weighted by molar-refractivity contribution is 0.0934. The molecule has 2 rings (SSSR count). The first-order valence-electron chi connectivity index (χ1n) is 5.68. The Labute approximate surface area is 104 Å². The lowest BCUT2D eigenvalue weighted by Crippen LogP contribution is -2.35. The third-order valence-corrected chi connectivity index (χ3v) is 2.48. The van der Waals surface area contributed by atoms with Gasteiger partial charge < -0.3 is 14.7 Å². The Morgan fingerprint density at radius 3 is 2.89 bits per heavy atom. The second-order valence-corrected chi connectivity index (χ2v) is 4.09. The molecule has 0 saturated carbocycles. The standard InChI is InChI=1S/C13H14N2O3/c1-9(8-10-4-3-7-18-10)14-13(17)11-5-2-6-12(16)15-11/h2-7,9H,8H2,1H3,(H,14,17)(H,15,16). The van der Waals surface area contributed by atoms with Crippen LogP contribution in [-0.4, -0.2) is 16.9 Å². The average Bonchev–Trinajstić information content (AvgIpc) is 2.81. The van der Waals surface area contributed by atoms with Crippen LogP contribution in [0.25, 0.3) is 0 Å². The Morgan fingerprint density at radius 1 is 1.39 bits per heavy atom. The maximum absolute atomic E-state index is 11.8. The third-order valence-electron chi connectivity index (χ3n) is 2.48. The van der Waals surface area contributed by atoms with E-state index >= 15 is 0 Å². The second kappa shape index (κ2) is 5.35. The molecule has 2 aromatic rings. The molecule has 0 fully saturated rings. The van der Waals surface area contributed by atoms with E-state index in [1.807, 2.05) is 13.0 Å². The van der Waals surface area contributed by atoms with Crippen molar-refractivity contribution in [2.75, 3.05) is 0 Å². The van der Waals surface area contributed by atoms with E-state index < -0.39 is 0 Å². The third kappa shape index (κ3) is 3.10. The summed E-state index contributed by atoms with van der Waals surface area (Å²) in [6.45, 7) is 1.88. The number of aromatic amines is 1. The van der Waals surface area contributed by atoms with Crippen LogP contribution in [0.1, 0.15) is 23.2 Å². The van der Waals surface area contributed by atoms with E-state index in [1.54, 1.807) is 24.5 Å². The van der Waals surface area contributed by atoms with Crippen molar-refractivity contribution >= 4 is 5.91 Å². The van der Waals surface area contributed by atoms with Gasteiger partial charge in [-0.2, -0.15) is 0 Å². The smallest absolute Gasteiger partial charge is 0.268 e. The van der Waals surface area contributed by atoms with Gasteiger partial charge in [0, 0.05) is 18.5 Å². The zero-order valence-corrected chi connectivity index (χ0v) is 9.97. The normalized spacial score (nSPS) is 12.1. The number of hydrogen-bond donors (Lipinski definition) is 2. The first-order chi connectivity index (χ1) is 8.65. The summed E-state index contributed by atoms with van der Waals surface area (Å²) in [6.07, 6.45) is 2.20. The highest BCUT2D eigenvalue weighted by atomic mass is 16.3. The Kier molecular flexibility index (Phi) is 3.62. The van der Waals surface area contributed by atoms with Gasteiger partial charge in [-0.25, -0.2) is 0 Å². The van der Waals surface area contributed by atoms with E-state index in [0.717, 1.165) is 5.76 Å². The number of aromatic nitrogens is 1. The number of nitrogens with one attached hydrogen (secondary N) is 2. The van der Waals surface area contributed by atoms with Gasteiger partial charge in [-0.1, -0.05) is 6.07 Å². The van der Waals surface area contributed by atoms with Crippen molar-refractivity contribution < 1.29 is 9.21 Å². The molecule has 0 spiro atoms. The maximum atomic E-state index is 11.8. The van der Waals surface area contributed by atoms with Crippen LogP contribution < -0.4 is 10.9 Å². The van der Waals surface area contributed by atoms with Crippen LogP contribution in [0.5, 0.6) is 0 Å². The Balaban J connectivity index is 1.97. The van der Waals surface area contributed by atoms with Crippen LogP contribution in [0.4, 0.5) is 0 Å². The van der Waals surface area contributed by atoms with Crippen molar-refractivity contribution in [2.24, 2.45) is 0 Å². The molecule has 0 aromatic carbocycles. The van der Waals surface area contributed by atoms with Crippen LogP contribution >= 0.6 is 0 Å². The number of furan rings is 1. The lowest BCUT2D eigenvalue weighted by atomic mass is 10.2. The van der Waals surface area contributed by atoms with E-state index in [1.165, 1.54) is 6.07 Å². The first-order valence-corrected chi connectivity index (χ1v) is 5.68. The number of rotatable bonds is 4. The van der Waals surface area contributed by atoms with Gasteiger partial charge in [-0.05, 0) is 25.1 Å². The van der Waals surface area contributed by atoms with Crippen molar-refractivity contribution in [3.63, 3.8) is 0 Å².